The number of rotatable bonds is 7. The molecule has 3 aromatic rings. The first kappa shape index (κ1) is 31.7. The molecule has 3 aromatic carbocycles. The lowest BCUT2D eigenvalue weighted by Crippen LogP contribution is -2.16. The van der Waals surface area contributed by atoms with Crippen LogP contribution in [0.1, 0.15) is 82.5 Å². The van der Waals surface area contributed by atoms with E-state index in [0.717, 1.165) is 22.8 Å². The number of aromatic carboxylic acids is 1. The topological polar surface area (TPSA) is 40.5 Å². The lowest BCUT2D eigenvalue weighted by atomic mass is 10.0. The van der Waals surface area contributed by atoms with Gasteiger partial charge in [-0.3, -0.25) is 0 Å². The first-order chi connectivity index (χ1) is 18.4. The van der Waals surface area contributed by atoms with E-state index in [4.69, 9.17) is 11.6 Å². The summed E-state index contributed by atoms with van der Waals surface area (Å²) in [4.78, 5) is 14.3. The van der Waals surface area contributed by atoms with Crippen LogP contribution in [0.5, 0.6) is 0 Å². The average molecular weight is 558 g/mol. The molecule has 0 unspecified atom stereocenters. The van der Waals surface area contributed by atoms with E-state index in [9.17, 15) is 14.3 Å². The first-order valence-electron chi connectivity index (χ1n) is 13.6. The Labute approximate surface area is 237 Å². The number of anilines is 2. The van der Waals surface area contributed by atoms with Gasteiger partial charge in [0.05, 0.1) is 16.3 Å². The highest BCUT2D eigenvalue weighted by atomic mass is 35.5. The zero-order valence-electron chi connectivity index (χ0n) is 23.1. The third-order valence-electron chi connectivity index (χ3n) is 6.46. The molecule has 6 heteroatoms. The van der Waals surface area contributed by atoms with Gasteiger partial charge in [-0.2, -0.15) is 0 Å². The SMILES string of the molecule is C1CCCCC1.CCCC.CCN(c1ccccc1)c1cc(Cl)c(-c2cccc(C(=O)O)c2F)cc1SC. The second kappa shape index (κ2) is 17.2. The molecule has 0 bridgehead atoms. The zero-order chi connectivity index (χ0) is 27.9. The highest BCUT2D eigenvalue weighted by molar-refractivity contribution is 7.98. The van der Waals surface area contributed by atoms with Gasteiger partial charge >= 0.3 is 5.97 Å². The fourth-order valence-electron chi connectivity index (χ4n) is 4.19. The van der Waals surface area contributed by atoms with E-state index in [1.54, 1.807) is 6.07 Å². The Bertz CT molecular complexity index is 1120. The molecule has 4 rings (SSSR count). The molecule has 0 heterocycles. The number of hydrogen-bond acceptors (Lipinski definition) is 3. The van der Waals surface area contributed by atoms with E-state index in [1.165, 1.54) is 75.3 Å². The van der Waals surface area contributed by atoms with Crippen molar-refractivity contribution in [2.24, 2.45) is 0 Å². The van der Waals surface area contributed by atoms with Gasteiger partial charge in [-0.15, -0.1) is 11.8 Å². The predicted molar refractivity (Wildman–Crippen MR) is 163 cm³/mol. The van der Waals surface area contributed by atoms with Gasteiger partial charge < -0.3 is 10.0 Å². The van der Waals surface area contributed by atoms with Crippen LogP contribution in [0.25, 0.3) is 11.1 Å². The first-order valence-corrected chi connectivity index (χ1v) is 15.2. The largest absolute Gasteiger partial charge is 0.478 e. The van der Waals surface area contributed by atoms with Crippen LogP contribution in [0.15, 0.2) is 65.6 Å². The number of thioether (sulfide) groups is 1. The van der Waals surface area contributed by atoms with Crippen molar-refractivity contribution in [2.45, 2.75) is 77.0 Å². The second-order valence-corrected chi connectivity index (χ2v) is 10.4. The summed E-state index contributed by atoms with van der Waals surface area (Å²) in [6, 6.07) is 17.9. The number of hydrogen-bond donors (Lipinski definition) is 1. The molecular weight excluding hydrogens is 517 g/mol. The Kier molecular flexibility index (Phi) is 14.3. The van der Waals surface area contributed by atoms with Crippen molar-refractivity contribution < 1.29 is 14.3 Å². The number of para-hydroxylation sites is 1. The average Bonchev–Trinajstić information content (AvgIpc) is 2.96. The minimum atomic E-state index is -1.31. The Balaban J connectivity index is 0.000000426. The van der Waals surface area contributed by atoms with Crippen LogP contribution in [-0.2, 0) is 0 Å². The maximum Gasteiger partial charge on any atom is 0.338 e. The minimum absolute atomic E-state index is 0.175. The molecule has 0 atom stereocenters. The van der Waals surface area contributed by atoms with Gasteiger partial charge in [0.25, 0.3) is 0 Å². The number of carbonyl (C=O) groups is 1. The molecule has 1 aliphatic rings. The molecule has 1 N–H and O–H groups in total. The van der Waals surface area contributed by atoms with Crippen molar-refractivity contribution in [3.05, 3.63) is 77.1 Å². The van der Waals surface area contributed by atoms with Crippen LogP contribution < -0.4 is 4.90 Å². The van der Waals surface area contributed by atoms with Crippen molar-refractivity contribution in [3.8, 4) is 11.1 Å². The van der Waals surface area contributed by atoms with Crippen molar-refractivity contribution in [1.82, 2.24) is 0 Å². The summed E-state index contributed by atoms with van der Waals surface area (Å²) in [5.41, 5.74) is 2.23. The second-order valence-electron chi connectivity index (χ2n) is 9.18. The van der Waals surface area contributed by atoms with Crippen molar-refractivity contribution in [3.63, 3.8) is 0 Å². The van der Waals surface area contributed by atoms with E-state index in [2.05, 4.69) is 25.7 Å². The van der Waals surface area contributed by atoms with Crippen LogP contribution in [0.4, 0.5) is 15.8 Å². The standard InChI is InChI=1S/C22H19ClFNO2S.C6H12.C4H10/c1-3-25(14-8-5-4-6-9-14)19-13-18(23)17(12-20(19)28-2)15-10-7-11-16(21(15)24)22(26)27;1-2-4-6-5-3-1;1-3-4-2/h4-13H,3H2,1-2H3,(H,26,27);1-6H2;3-4H2,1-2H3. The van der Waals surface area contributed by atoms with E-state index in [-0.39, 0.29) is 11.1 Å². The highest BCUT2D eigenvalue weighted by Crippen LogP contribution is 2.41. The molecular formula is C32H41ClFNO2S. The van der Waals surface area contributed by atoms with Gasteiger partial charge in [-0.05, 0) is 43.5 Å². The molecule has 0 amide bonds. The van der Waals surface area contributed by atoms with Gasteiger partial charge in [0.2, 0.25) is 0 Å². The number of halogens is 2. The van der Waals surface area contributed by atoms with Gasteiger partial charge in [0, 0.05) is 28.3 Å². The molecule has 0 radical (unpaired) electrons. The van der Waals surface area contributed by atoms with Gasteiger partial charge in [0.1, 0.15) is 5.82 Å². The van der Waals surface area contributed by atoms with Crippen LogP contribution in [0.3, 0.4) is 0 Å². The van der Waals surface area contributed by atoms with Gasteiger partial charge in [-0.25, -0.2) is 9.18 Å². The fraction of sp³-hybridized carbons (Fsp3) is 0.406. The number of nitrogens with zero attached hydrogens (tertiary/aromatic N) is 1. The normalized spacial score (nSPS) is 12.5. The Morgan fingerprint density at radius 2 is 1.47 bits per heavy atom. The number of carboxylic acids is 1. The molecule has 3 nitrogen and oxygen atoms in total. The van der Waals surface area contributed by atoms with Crippen molar-refractivity contribution >= 4 is 40.7 Å². The lowest BCUT2D eigenvalue weighted by Gasteiger charge is -2.26. The van der Waals surface area contributed by atoms with Crippen LogP contribution in [-0.4, -0.2) is 23.9 Å². The predicted octanol–water partition coefficient (Wildman–Crippen LogP) is 10.9. The molecule has 0 spiro atoms. The summed E-state index contributed by atoms with van der Waals surface area (Å²) in [7, 11) is 0. The quantitative estimate of drug-likeness (QED) is 0.293. The monoisotopic (exact) mass is 557 g/mol. The van der Waals surface area contributed by atoms with Crippen molar-refractivity contribution in [1.29, 1.82) is 0 Å². The maximum atomic E-state index is 14.8. The molecule has 38 heavy (non-hydrogen) atoms. The van der Waals surface area contributed by atoms with E-state index < -0.39 is 11.8 Å². The van der Waals surface area contributed by atoms with Crippen LogP contribution in [0, 0.1) is 5.82 Å². The van der Waals surface area contributed by atoms with Gasteiger partial charge in [0.15, 0.2) is 0 Å². The molecule has 0 aliphatic heterocycles. The summed E-state index contributed by atoms with van der Waals surface area (Å²) in [6.07, 6.45) is 13.6. The lowest BCUT2D eigenvalue weighted by molar-refractivity contribution is 0.0692. The van der Waals surface area contributed by atoms with E-state index >= 15 is 0 Å². The molecule has 1 saturated carbocycles. The molecule has 0 aromatic heterocycles. The zero-order valence-corrected chi connectivity index (χ0v) is 24.7. The number of unbranched alkanes of at least 4 members (excludes halogenated alkanes) is 1. The van der Waals surface area contributed by atoms with E-state index in [0.29, 0.717) is 10.6 Å². The number of carboxylic acid groups (broad SMARTS) is 1. The molecule has 0 saturated heterocycles. The summed E-state index contributed by atoms with van der Waals surface area (Å²) < 4.78 is 14.8. The number of benzene rings is 3. The fourth-order valence-corrected chi connectivity index (χ4v) is 5.06. The van der Waals surface area contributed by atoms with Gasteiger partial charge in [-0.1, -0.05) is 107 Å². The summed E-state index contributed by atoms with van der Waals surface area (Å²) in [5, 5.41) is 9.56. The highest BCUT2D eigenvalue weighted by Gasteiger charge is 2.20. The Morgan fingerprint density at radius 1 is 0.895 bits per heavy atom. The third kappa shape index (κ3) is 9.06. The summed E-state index contributed by atoms with van der Waals surface area (Å²) in [6.45, 7) is 7.14. The third-order valence-corrected chi connectivity index (χ3v) is 7.54. The Morgan fingerprint density at radius 3 is 1.95 bits per heavy atom. The van der Waals surface area contributed by atoms with Crippen LogP contribution in [0.2, 0.25) is 5.02 Å². The summed E-state index contributed by atoms with van der Waals surface area (Å²) in [5.74, 6) is -2.09. The van der Waals surface area contributed by atoms with E-state index in [1.807, 2.05) is 48.7 Å². The maximum absolute atomic E-state index is 14.8. The minimum Gasteiger partial charge on any atom is -0.478 e. The summed E-state index contributed by atoms with van der Waals surface area (Å²) >= 11 is 8.06. The molecule has 1 fully saturated rings. The van der Waals surface area contributed by atoms with Crippen LogP contribution >= 0.6 is 23.4 Å². The molecule has 1 aliphatic carbocycles. The van der Waals surface area contributed by atoms with Crippen molar-refractivity contribution in [2.75, 3.05) is 17.7 Å². The molecule has 206 valence electrons. The smallest absolute Gasteiger partial charge is 0.338 e. The Hall–Kier alpha value is -2.50.